The van der Waals surface area contributed by atoms with Crippen LogP contribution in [0.3, 0.4) is 0 Å². The standard InChI is InChI=1S/C24H21N3O3/c28-22(17-27-23(29)20-11-4-5-12-21(20)24(27)30)26(16-18-8-2-1-3-9-18)15-13-19-10-6-7-14-25-19/h1-12,14H,13,15-17H2. The summed E-state index contributed by atoms with van der Waals surface area (Å²) < 4.78 is 0. The largest absolute Gasteiger partial charge is 0.336 e. The fourth-order valence-corrected chi connectivity index (χ4v) is 3.51. The molecular weight excluding hydrogens is 378 g/mol. The molecule has 0 unspecified atom stereocenters. The van der Waals surface area contributed by atoms with E-state index in [1.54, 1.807) is 35.4 Å². The van der Waals surface area contributed by atoms with Crippen molar-refractivity contribution in [1.29, 1.82) is 0 Å². The lowest BCUT2D eigenvalue weighted by molar-refractivity contribution is -0.132. The fourth-order valence-electron chi connectivity index (χ4n) is 3.51. The number of rotatable bonds is 7. The predicted molar refractivity (Wildman–Crippen MR) is 112 cm³/mol. The van der Waals surface area contributed by atoms with Gasteiger partial charge >= 0.3 is 0 Å². The number of hydrogen-bond acceptors (Lipinski definition) is 4. The van der Waals surface area contributed by atoms with Gasteiger partial charge in [-0.15, -0.1) is 0 Å². The number of fused-ring (bicyclic) bond motifs is 1. The number of carbonyl (C=O) groups is 3. The lowest BCUT2D eigenvalue weighted by atomic mass is 10.1. The molecule has 4 rings (SSSR count). The van der Waals surface area contributed by atoms with Crippen LogP contribution in [0, 0.1) is 0 Å². The second kappa shape index (κ2) is 8.69. The van der Waals surface area contributed by atoms with Crippen molar-refractivity contribution >= 4 is 17.7 Å². The van der Waals surface area contributed by atoms with Gasteiger partial charge in [0.2, 0.25) is 5.91 Å². The summed E-state index contributed by atoms with van der Waals surface area (Å²) in [7, 11) is 0. The molecule has 0 saturated heterocycles. The van der Waals surface area contributed by atoms with Gasteiger partial charge in [0.1, 0.15) is 6.54 Å². The van der Waals surface area contributed by atoms with E-state index >= 15 is 0 Å². The second-order valence-electron chi connectivity index (χ2n) is 7.11. The topological polar surface area (TPSA) is 70.6 Å². The molecule has 6 nitrogen and oxygen atoms in total. The lowest BCUT2D eigenvalue weighted by Crippen LogP contribution is -2.43. The summed E-state index contributed by atoms with van der Waals surface area (Å²) in [5.41, 5.74) is 2.55. The van der Waals surface area contributed by atoms with Crippen LogP contribution in [0.1, 0.15) is 32.0 Å². The molecule has 0 radical (unpaired) electrons. The summed E-state index contributed by atoms with van der Waals surface area (Å²) in [4.78, 5) is 45.4. The molecule has 0 fully saturated rings. The molecule has 3 aromatic rings. The molecule has 0 spiro atoms. The maximum atomic E-state index is 13.1. The van der Waals surface area contributed by atoms with Crippen molar-refractivity contribution in [3.8, 4) is 0 Å². The average molecular weight is 399 g/mol. The molecule has 1 aliphatic heterocycles. The molecule has 2 heterocycles. The maximum absolute atomic E-state index is 13.1. The van der Waals surface area contributed by atoms with E-state index < -0.39 is 11.8 Å². The number of pyridine rings is 1. The normalized spacial score (nSPS) is 12.7. The summed E-state index contributed by atoms with van der Waals surface area (Å²) in [6, 6.07) is 22.0. The van der Waals surface area contributed by atoms with Crippen LogP contribution in [0.4, 0.5) is 0 Å². The van der Waals surface area contributed by atoms with Crippen LogP contribution in [0.2, 0.25) is 0 Å². The third kappa shape index (κ3) is 4.12. The number of hydrogen-bond donors (Lipinski definition) is 0. The third-order valence-electron chi connectivity index (χ3n) is 5.10. The summed E-state index contributed by atoms with van der Waals surface area (Å²) in [6.45, 7) is 0.561. The minimum absolute atomic E-state index is 0.274. The van der Waals surface area contributed by atoms with E-state index in [1.165, 1.54) is 0 Å². The Bertz CT molecular complexity index is 1030. The quantitative estimate of drug-likeness (QED) is 0.573. The van der Waals surface area contributed by atoms with Gasteiger partial charge in [-0.1, -0.05) is 48.5 Å². The Labute approximate surface area is 174 Å². The Hall–Kier alpha value is -3.80. The highest BCUT2D eigenvalue weighted by Crippen LogP contribution is 2.22. The molecule has 0 saturated carbocycles. The third-order valence-corrected chi connectivity index (χ3v) is 5.10. The second-order valence-corrected chi connectivity index (χ2v) is 7.11. The zero-order chi connectivity index (χ0) is 20.9. The van der Waals surface area contributed by atoms with Gasteiger partial charge in [-0.3, -0.25) is 24.3 Å². The van der Waals surface area contributed by atoms with Crippen molar-refractivity contribution < 1.29 is 14.4 Å². The van der Waals surface area contributed by atoms with E-state index in [2.05, 4.69) is 4.98 Å². The minimum Gasteiger partial charge on any atom is -0.336 e. The maximum Gasteiger partial charge on any atom is 0.262 e. The highest BCUT2D eigenvalue weighted by molar-refractivity contribution is 6.22. The minimum atomic E-state index is -0.423. The molecule has 0 aliphatic carbocycles. The van der Waals surface area contributed by atoms with Gasteiger partial charge < -0.3 is 4.90 Å². The van der Waals surface area contributed by atoms with Crippen LogP contribution in [0.25, 0.3) is 0 Å². The summed E-state index contributed by atoms with van der Waals surface area (Å²) in [5.74, 6) is -1.12. The molecule has 0 atom stereocenters. The SMILES string of the molecule is O=C(CN1C(=O)c2ccccc2C1=O)N(CCc1ccccn1)Cc1ccccc1. The molecule has 3 amide bonds. The van der Waals surface area contributed by atoms with E-state index in [0.29, 0.717) is 30.6 Å². The fraction of sp³-hybridized carbons (Fsp3) is 0.167. The number of carbonyl (C=O) groups excluding carboxylic acids is 3. The van der Waals surface area contributed by atoms with Crippen molar-refractivity contribution in [3.63, 3.8) is 0 Å². The van der Waals surface area contributed by atoms with Gasteiger partial charge in [0.15, 0.2) is 0 Å². The van der Waals surface area contributed by atoms with Gasteiger partial charge in [0.25, 0.3) is 11.8 Å². The van der Waals surface area contributed by atoms with E-state index in [1.807, 2.05) is 48.5 Å². The Morgan fingerprint density at radius 2 is 1.47 bits per heavy atom. The number of imide groups is 1. The smallest absolute Gasteiger partial charge is 0.262 e. The molecule has 1 aromatic heterocycles. The van der Waals surface area contributed by atoms with Crippen molar-refractivity contribution in [2.45, 2.75) is 13.0 Å². The first-order chi connectivity index (χ1) is 14.6. The van der Waals surface area contributed by atoms with Gasteiger partial charge in [0.05, 0.1) is 11.1 Å². The van der Waals surface area contributed by atoms with Crippen molar-refractivity contribution in [2.75, 3.05) is 13.1 Å². The summed E-state index contributed by atoms with van der Waals surface area (Å²) in [6.07, 6.45) is 2.30. The van der Waals surface area contributed by atoms with Crippen LogP contribution in [0.5, 0.6) is 0 Å². The average Bonchev–Trinajstić information content (AvgIpc) is 3.03. The highest BCUT2D eigenvalue weighted by Gasteiger charge is 2.37. The first-order valence-corrected chi connectivity index (χ1v) is 9.80. The zero-order valence-corrected chi connectivity index (χ0v) is 16.4. The Morgan fingerprint density at radius 1 is 0.833 bits per heavy atom. The van der Waals surface area contributed by atoms with Crippen molar-refractivity contribution in [2.24, 2.45) is 0 Å². The Balaban J connectivity index is 1.50. The van der Waals surface area contributed by atoms with Gasteiger partial charge in [-0.05, 0) is 29.8 Å². The van der Waals surface area contributed by atoms with Gasteiger partial charge in [-0.25, -0.2) is 0 Å². The predicted octanol–water partition coefficient (Wildman–Crippen LogP) is 2.95. The molecule has 1 aliphatic rings. The van der Waals surface area contributed by atoms with E-state index in [9.17, 15) is 14.4 Å². The molecule has 2 aromatic carbocycles. The molecule has 30 heavy (non-hydrogen) atoms. The van der Waals surface area contributed by atoms with Crippen LogP contribution in [-0.4, -0.2) is 45.6 Å². The van der Waals surface area contributed by atoms with Crippen molar-refractivity contribution in [1.82, 2.24) is 14.8 Å². The molecule has 150 valence electrons. The molecule has 6 heteroatoms. The van der Waals surface area contributed by atoms with Crippen LogP contribution in [0.15, 0.2) is 79.0 Å². The number of benzene rings is 2. The van der Waals surface area contributed by atoms with Gasteiger partial charge in [0, 0.05) is 31.4 Å². The number of nitrogens with zero attached hydrogens (tertiary/aromatic N) is 3. The monoisotopic (exact) mass is 399 g/mol. The van der Waals surface area contributed by atoms with Crippen LogP contribution in [-0.2, 0) is 17.8 Å². The molecular formula is C24H21N3O3. The van der Waals surface area contributed by atoms with E-state index in [-0.39, 0.29) is 12.5 Å². The Kier molecular flexibility index (Phi) is 5.66. The summed E-state index contributed by atoms with van der Waals surface area (Å²) in [5, 5.41) is 0. The van der Waals surface area contributed by atoms with E-state index in [4.69, 9.17) is 0 Å². The Morgan fingerprint density at radius 3 is 2.10 bits per heavy atom. The van der Waals surface area contributed by atoms with Crippen molar-refractivity contribution in [3.05, 3.63) is 101 Å². The lowest BCUT2D eigenvalue weighted by Gasteiger charge is -2.25. The van der Waals surface area contributed by atoms with E-state index in [0.717, 1.165) is 16.2 Å². The number of amides is 3. The zero-order valence-electron chi connectivity index (χ0n) is 16.4. The number of aromatic nitrogens is 1. The highest BCUT2D eigenvalue weighted by atomic mass is 16.2. The van der Waals surface area contributed by atoms with Crippen LogP contribution >= 0.6 is 0 Å². The first-order valence-electron chi connectivity index (χ1n) is 9.80. The summed E-state index contributed by atoms with van der Waals surface area (Å²) >= 11 is 0. The van der Waals surface area contributed by atoms with Gasteiger partial charge in [-0.2, -0.15) is 0 Å². The molecule has 0 N–H and O–H groups in total. The molecule has 0 bridgehead atoms. The first kappa shape index (κ1) is 19.5. The van der Waals surface area contributed by atoms with Crippen LogP contribution < -0.4 is 0 Å².